The number of ether oxygens (including phenoxy) is 1. The number of non-ortho nitro benzene ring substituents is 1. The molecule has 174 valence electrons. The van der Waals surface area contributed by atoms with Crippen molar-refractivity contribution in [3.8, 4) is 5.75 Å². The maximum atomic E-state index is 12.6. The van der Waals surface area contributed by atoms with Gasteiger partial charge in [-0.15, -0.1) is 0 Å². The number of nitrogens with one attached hydrogen (secondary N) is 2. The molecule has 33 heavy (non-hydrogen) atoms. The fourth-order valence-electron chi connectivity index (χ4n) is 3.55. The molecular formula is C23H26N4O6. The SMILES string of the molecule is CCCCN1CC(C(=O)Nc2ccc(C(=O)Nc3ccc([N+](=O)[O-])cc3OC)cc2)CC1=O. The molecule has 2 aromatic rings. The van der Waals surface area contributed by atoms with E-state index in [1.165, 1.54) is 25.3 Å². The molecule has 0 saturated carbocycles. The first-order valence-corrected chi connectivity index (χ1v) is 10.6. The third kappa shape index (κ3) is 5.85. The second-order valence-corrected chi connectivity index (χ2v) is 7.76. The summed E-state index contributed by atoms with van der Waals surface area (Å²) in [6.07, 6.45) is 2.10. The van der Waals surface area contributed by atoms with Gasteiger partial charge in [-0.2, -0.15) is 0 Å². The van der Waals surface area contributed by atoms with Crippen LogP contribution in [-0.4, -0.2) is 47.7 Å². The molecule has 1 aliphatic heterocycles. The number of nitrogens with zero attached hydrogens (tertiary/aromatic N) is 2. The topological polar surface area (TPSA) is 131 Å². The second-order valence-electron chi connectivity index (χ2n) is 7.76. The largest absolute Gasteiger partial charge is 0.494 e. The number of benzene rings is 2. The lowest BCUT2D eigenvalue weighted by molar-refractivity contribution is -0.384. The lowest BCUT2D eigenvalue weighted by Crippen LogP contribution is -2.29. The number of carbonyl (C=O) groups is 3. The molecule has 1 unspecified atom stereocenters. The van der Waals surface area contributed by atoms with Gasteiger partial charge < -0.3 is 20.3 Å². The Morgan fingerprint density at radius 2 is 1.91 bits per heavy atom. The number of hydrogen-bond acceptors (Lipinski definition) is 6. The highest BCUT2D eigenvalue weighted by atomic mass is 16.6. The van der Waals surface area contributed by atoms with Gasteiger partial charge >= 0.3 is 0 Å². The van der Waals surface area contributed by atoms with Crippen LogP contribution in [0.25, 0.3) is 0 Å². The second kappa shape index (κ2) is 10.6. The first kappa shape index (κ1) is 23.7. The van der Waals surface area contributed by atoms with E-state index >= 15 is 0 Å². The first-order chi connectivity index (χ1) is 15.8. The van der Waals surface area contributed by atoms with Crippen molar-refractivity contribution < 1.29 is 24.0 Å². The lowest BCUT2D eigenvalue weighted by Gasteiger charge is -2.16. The van der Waals surface area contributed by atoms with Gasteiger partial charge in [-0.1, -0.05) is 13.3 Å². The summed E-state index contributed by atoms with van der Waals surface area (Å²) in [5, 5.41) is 16.4. The van der Waals surface area contributed by atoms with Crippen LogP contribution in [0.1, 0.15) is 36.5 Å². The minimum Gasteiger partial charge on any atom is -0.494 e. The van der Waals surface area contributed by atoms with Crippen molar-refractivity contribution in [2.45, 2.75) is 26.2 Å². The number of methoxy groups -OCH3 is 1. The standard InChI is InChI=1S/C23H26N4O6/c1-3-4-11-26-14-16(12-21(26)28)23(30)24-17-7-5-15(6-8-17)22(29)25-19-10-9-18(27(31)32)13-20(19)33-2/h5-10,13,16H,3-4,11-12,14H2,1-2H3,(H,24,30)(H,25,29). The molecule has 2 N–H and O–H groups in total. The van der Waals surface area contributed by atoms with Crippen molar-refractivity contribution in [1.82, 2.24) is 4.90 Å². The maximum absolute atomic E-state index is 12.6. The minimum atomic E-state index is -0.550. The molecule has 10 heteroatoms. The zero-order valence-electron chi connectivity index (χ0n) is 18.5. The molecular weight excluding hydrogens is 428 g/mol. The summed E-state index contributed by atoms with van der Waals surface area (Å²) in [4.78, 5) is 49.3. The number of anilines is 2. The Hall–Kier alpha value is -3.95. The van der Waals surface area contributed by atoms with E-state index in [9.17, 15) is 24.5 Å². The van der Waals surface area contributed by atoms with Crippen LogP contribution in [0.4, 0.5) is 17.1 Å². The Labute approximate surface area is 191 Å². The number of nitro benzene ring substituents is 1. The Bertz CT molecular complexity index is 1050. The molecule has 1 saturated heterocycles. The summed E-state index contributed by atoms with van der Waals surface area (Å²) in [5.74, 6) is -0.895. The molecule has 0 aromatic heterocycles. The van der Waals surface area contributed by atoms with Crippen LogP contribution in [0.15, 0.2) is 42.5 Å². The van der Waals surface area contributed by atoms with Crippen LogP contribution in [0.5, 0.6) is 5.75 Å². The average Bonchev–Trinajstić information content (AvgIpc) is 3.18. The van der Waals surface area contributed by atoms with Gasteiger partial charge in [0.05, 0.1) is 29.7 Å². The van der Waals surface area contributed by atoms with E-state index in [-0.39, 0.29) is 29.7 Å². The van der Waals surface area contributed by atoms with E-state index < -0.39 is 16.7 Å². The summed E-state index contributed by atoms with van der Waals surface area (Å²) in [7, 11) is 1.35. The third-order valence-corrected chi connectivity index (χ3v) is 5.43. The lowest BCUT2D eigenvalue weighted by atomic mass is 10.1. The number of nitro groups is 1. The normalized spacial score (nSPS) is 15.3. The van der Waals surface area contributed by atoms with Gasteiger partial charge in [0, 0.05) is 36.8 Å². The van der Waals surface area contributed by atoms with Crippen LogP contribution >= 0.6 is 0 Å². The predicted molar refractivity (Wildman–Crippen MR) is 122 cm³/mol. The van der Waals surface area contributed by atoms with E-state index in [2.05, 4.69) is 17.6 Å². The van der Waals surface area contributed by atoms with Gasteiger partial charge in [0.2, 0.25) is 11.8 Å². The fraction of sp³-hybridized carbons (Fsp3) is 0.348. The van der Waals surface area contributed by atoms with Crippen LogP contribution in [-0.2, 0) is 9.59 Å². The van der Waals surface area contributed by atoms with Crippen molar-refractivity contribution in [1.29, 1.82) is 0 Å². The molecule has 0 spiro atoms. The van der Waals surface area contributed by atoms with E-state index in [4.69, 9.17) is 4.74 Å². The quantitative estimate of drug-likeness (QED) is 0.441. The number of amides is 3. The molecule has 10 nitrogen and oxygen atoms in total. The Morgan fingerprint density at radius 1 is 1.18 bits per heavy atom. The molecule has 1 atom stereocenters. The fourth-order valence-corrected chi connectivity index (χ4v) is 3.55. The van der Waals surface area contributed by atoms with Crippen LogP contribution in [0, 0.1) is 16.0 Å². The summed E-state index contributed by atoms with van der Waals surface area (Å²) in [6, 6.07) is 10.2. The molecule has 2 aromatic carbocycles. The van der Waals surface area contributed by atoms with E-state index in [0.717, 1.165) is 12.8 Å². The highest BCUT2D eigenvalue weighted by Gasteiger charge is 2.33. The highest BCUT2D eigenvalue weighted by Crippen LogP contribution is 2.29. The smallest absolute Gasteiger partial charge is 0.273 e. The van der Waals surface area contributed by atoms with Crippen molar-refractivity contribution >= 4 is 34.8 Å². The van der Waals surface area contributed by atoms with Gasteiger partial charge in [0.25, 0.3) is 11.6 Å². The molecule has 0 radical (unpaired) electrons. The van der Waals surface area contributed by atoms with Gasteiger partial charge in [-0.3, -0.25) is 24.5 Å². The average molecular weight is 454 g/mol. The Balaban J connectivity index is 1.60. The molecule has 1 fully saturated rings. The summed E-state index contributed by atoms with van der Waals surface area (Å²) in [6.45, 7) is 3.14. The molecule has 0 aliphatic carbocycles. The zero-order valence-corrected chi connectivity index (χ0v) is 18.5. The highest BCUT2D eigenvalue weighted by molar-refractivity contribution is 6.05. The number of rotatable bonds is 9. The van der Waals surface area contributed by atoms with Crippen molar-refractivity contribution in [3.05, 3.63) is 58.1 Å². The Morgan fingerprint density at radius 3 is 2.55 bits per heavy atom. The van der Waals surface area contributed by atoms with Crippen molar-refractivity contribution in [3.63, 3.8) is 0 Å². The van der Waals surface area contributed by atoms with Gasteiger partial charge in [-0.25, -0.2) is 0 Å². The van der Waals surface area contributed by atoms with Gasteiger partial charge in [0.1, 0.15) is 5.75 Å². The molecule has 3 amide bonds. The third-order valence-electron chi connectivity index (χ3n) is 5.43. The first-order valence-electron chi connectivity index (χ1n) is 10.6. The zero-order chi connectivity index (χ0) is 24.0. The van der Waals surface area contributed by atoms with Gasteiger partial charge in [0.15, 0.2) is 0 Å². The molecule has 3 rings (SSSR count). The maximum Gasteiger partial charge on any atom is 0.273 e. The van der Waals surface area contributed by atoms with E-state index in [1.54, 1.807) is 29.2 Å². The Kier molecular flexibility index (Phi) is 7.60. The number of hydrogen-bond donors (Lipinski definition) is 2. The van der Waals surface area contributed by atoms with E-state index in [0.29, 0.717) is 30.0 Å². The molecule has 0 bridgehead atoms. The number of likely N-dealkylation sites (tertiary alicyclic amines) is 1. The number of unbranched alkanes of at least 4 members (excludes halogenated alkanes) is 1. The van der Waals surface area contributed by atoms with E-state index in [1.807, 2.05) is 0 Å². The van der Waals surface area contributed by atoms with Crippen molar-refractivity contribution in [2.24, 2.45) is 5.92 Å². The monoisotopic (exact) mass is 454 g/mol. The number of carbonyl (C=O) groups excluding carboxylic acids is 3. The minimum absolute atomic E-state index is 0.00251. The van der Waals surface area contributed by atoms with Crippen LogP contribution < -0.4 is 15.4 Å². The summed E-state index contributed by atoms with van der Waals surface area (Å²) < 4.78 is 5.13. The summed E-state index contributed by atoms with van der Waals surface area (Å²) in [5.41, 5.74) is 0.991. The summed E-state index contributed by atoms with van der Waals surface area (Å²) >= 11 is 0. The van der Waals surface area contributed by atoms with Crippen LogP contribution in [0.2, 0.25) is 0 Å². The van der Waals surface area contributed by atoms with Gasteiger partial charge in [-0.05, 0) is 36.8 Å². The van der Waals surface area contributed by atoms with Crippen LogP contribution in [0.3, 0.4) is 0 Å². The molecule has 1 aliphatic rings. The predicted octanol–water partition coefficient (Wildman–Crippen LogP) is 3.44. The van der Waals surface area contributed by atoms with Crippen molar-refractivity contribution in [2.75, 3.05) is 30.8 Å². The molecule has 1 heterocycles.